The molecule has 3 aromatic carbocycles. The molecule has 0 radical (unpaired) electrons. The largest absolute Gasteiger partial charge is 0.228 e. The van der Waals surface area contributed by atoms with Crippen molar-refractivity contribution in [3.05, 3.63) is 95.1 Å². The highest BCUT2D eigenvalue weighted by Crippen LogP contribution is 2.31. The maximum atomic E-state index is 4.94. The third-order valence-electron chi connectivity index (χ3n) is 5.10. The fourth-order valence-electron chi connectivity index (χ4n) is 3.46. The molecule has 0 saturated heterocycles. The van der Waals surface area contributed by atoms with Gasteiger partial charge in [-0.3, -0.25) is 0 Å². The summed E-state index contributed by atoms with van der Waals surface area (Å²) in [5, 5.41) is 0. The lowest BCUT2D eigenvalue weighted by atomic mass is 9.98. The molecule has 138 valence electrons. The molecule has 28 heavy (non-hydrogen) atoms. The second kappa shape index (κ2) is 7.40. The van der Waals surface area contributed by atoms with E-state index in [1.807, 2.05) is 18.2 Å². The molecular weight excluding hydrogens is 340 g/mol. The Bertz CT molecular complexity index is 1070. The highest BCUT2D eigenvalue weighted by molar-refractivity contribution is 5.75. The third kappa shape index (κ3) is 3.59. The van der Waals surface area contributed by atoms with Gasteiger partial charge in [0.05, 0.1) is 11.4 Å². The molecule has 2 nitrogen and oxygen atoms in total. The van der Waals surface area contributed by atoms with Gasteiger partial charge in [0.2, 0.25) is 0 Å². The van der Waals surface area contributed by atoms with Crippen molar-refractivity contribution in [2.75, 3.05) is 0 Å². The zero-order chi connectivity index (χ0) is 19.7. The maximum absolute atomic E-state index is 4.94. The van der Waals surface area contributed by atoms with Gasteiger partial charge in [-0.25, -0.2) is 9.97 Å². The number of hydrogen-bond donors (Lipinski definition) is 0. The topological polar surface area (TPSA) is 25.8 Å². The molecule has 0 N–H and O–H groups in total. The van der Waals surface area contributed by atoms with Crippen molar-refractivity contribution < 1.29 is 0 Å². The molecule has 2 heteroatoms. The monoisotopic (exact) mass is 364 g/mol. The van der Waals surface area contributed by atoms with Gasteiger partial charge < -0.3 is 0 Å². The molecule has 4 rings (SSSR count). The molecule has 0 amide bonds. The van der Waals surface area contributed by atoms with E-state index in [-0.39, 0.29) is 0 Å². The maximum Gasteiger partial charge on any atom is 0.160 e. The quantitative estimate of drug-likeness (QED) is 0.404. The summed E-state index contributed by atoms with van der Waals surface area (Å²) in [4.78, 5) is 9.88. The first-order chi connectivity index (χ1) is 13.5. The minimum absolute atomic E-state index is 0.759. The van der Waals surface area contributed by atoms with Crippen LogP contribution in [0.3, 0.4) is 0 Å². The fraction of sp³-hybridized carbons (Fsp3) is 0.154. The van der Waals surface area contributed by atoms with Gasteiger partial charge in [-0.2, -0.15) is 0 Å². The van der Waals surface area contributed by atoms with Crippen molar-refractivity contribution in [2.45, 2.75) is 27.7 Å². The van der Waals surface area contributed by atoms with Crippen LogP contribution in [-0.2, 0) is 0 Å². The Morgan fingerprint density at radius 3 is 1.54 bits per heavy atom. The van der Waals surface area contributed by atoms with Crippen LogP contribution in [0.15, 0.2) is 72.8 Å². The van der Waals surface area contributed by atoms with Gasteiger partial charge in [0.1, 0.15) is 0 Å². The predicted octanol–water partition coefficient (Wildman–Crippen LogP) is 6.71. The number of aryl methyl sites for hydroxylation is 4. The highest BCUT2D eigenvalue weighted by Gasteiger charge is 2.13. The van der Waals surface area contributed by atoms with E-state index in [2.05, 4.69) is 82.3 Å². The molecule has 0 fully saturated rings. The lowest BCUT2D eigenvalue weighted by molar-refractivity contribution is 1.17. The van der Waals surface area contributed by atoms with Gasteiger partial charge in [-0.05, 0) is 57.0 Å². The number of nitrogens with zero attached hydrogens (tertiary/aromatic N) is 2. The molecule has 0 aliphatic heterocycles. The molecule has 0 unspecified atom stereocenters. The van der Waals surface area contributed by atoms with E-state index >= 15 is 0 Å². The van der Waals surface area contributed by atoms with E-state index in [0.29, 0.717) is 0 Å². The molecule has 1 heterocycles. The lowest BCUT2D eigenvalue weighted by Crippen LogP contribution is -1.98. The van der Waals surface area contributed by atoms with Crippen LogP contribution in [0.25, 0.3) is 33.9 Å². The average molecular weight is 364 g/mol. The van der Waals surface area contributed by atoms with E-state index in [0.717, 1.165) is 33.9 Å². The normalized spacial score (nSPS) is 10.9. The molecule has 0 aliphatic carbocycles. The second-order valence-electron chi connectivity index (χ2n) is 7.46. The van der Waals surface area contributed by atoms with E-state index < -0.39 is 0 Å². The molecule has 4 aromatic rings. The number of hydrogen-bond acceptors (Lipinski definition) is 2. The average Bonchev–Trinajstić information content (AvgIpc) is 2.72. The van der Waals surface area contributed by atoms with Crippen LogP contribution in [-0.4, -0.2) is 9.97 Å². The van der Waals surface area contributed by atoms with E-state index in [9.17, 15) is 0 Å². The molecule has 0 aliphatic rings. The van der Waals surface area contributed by atoms with E-state index in [1.165, 1.54) is 22.3 Å². The van der Waals surface area contributed by atoms with Crippen molar-refractivity contribution in [1.82, 2.24) is 9.97 Å². The number of aromatic nitrogens is 2. The molecule has 0 saturated carbocycles. The minimum Gasteiger partial charge on any atom is -0.228 e. The van der Waals surface area contributed by atoms with Crippen molar-refractivity contribution in [3.63, 3.8) is 0 Å². The summed E-state index contributed by atoms with van der Waals surface area (Å²) >= 11 is 0. The summed E-state index contributed by atoms with van der Waals surface area (Å²) in [6.07, 6.45) is 0. The molecule has 1 aromatic heterocycles. The summed E-state index contributed by atoms with van der Waals surface area (Å²) in [6, 6.07) is 25.3. The van der Waals surface area contributed by atoms with Crippen LogP contribution < -0.4 is 0 Å². The van der Waals surface area contributed by atoms with Crippen LogP contribution in [0.2, 0.25) is 0 Å². The molecule has 0 bridgehead atoms. The highest BCUT2D eigenvalue weighted by atomic mass is 14.9. The van der Waals surface area contributed by atoms with Crippen LogP contribution in [0.4, 0.5) is 0 Å². The Hall–Kier alpha value is -3.26. The second-order valence-corrected chi connectivity index (χ2v) is 7.46. The van der Waals surface area contributed by atoms with Crippen LogP contribution in [0.1, 0.15) is 22.3 Å². The number of rotatable bonds is 3. The Kier molecular flexibility index (Phi) is 4.79. The summed E-state index contributed by atoms with van der Waals surface area (Å²) < 4.78 is 0. The molecule has 0 atom stereocenters. The van der Waals surface area contributed by atoms with Crippen molar-refractivity contribution in [3.8, 4) is 33.9 Å². The van der Waals surface area contributed by atoms with Gasteiger partial charge in [-0.1, -0.05) is 65.7 Å². The summed E-state index contributed by atoms with van der Waals surface area (Å²) in [6.45, 7) is 8.51. The van der Waals surface area contributed by atoms with E-state index in [1.54, 1.807) is 0 Å². The first-order valence-corrected chi connectivity index (χ1v) is 9.61. The standard InChI is InChI=1S/C26H24N2/c1-17-10-12-19(3)22(14-17)24-16-25(23-15-18(2)11-13-20(23)4)28-26(27-24)21-8-6-5-7-9-21/h5-16H,1-4H3. The molecular formula is C26H24N2. The fourth-order valence-corrected chi connectivity index (χ4v) is 3.46. The Balaban J connectivity index is 1.99. The summed E-state index contributed by atoms with van der Waals surface area (Å²) in [5.74, 6) is 0.759. The van der Waals surface area contributed by atoms with Crippen molar-refractivity contribution >= 4 is 0 Å². The van der Waals surface area contributed by atoms with Crippen LogP contribution in [0, 0.1) is 27.7 Å². The Morgan fingerprint density at radius 2 is 1.04 bits per heavy atom. The first-order valence-electron chi connectivity index (χ1n) is 9.61. The summed E-state index contributed by atoms with van der Waals surface area (Å²) in [5.41, 5.74) is 10.2. The van der Waals surface area contributed by atoms with Gasteiger partial charge in [-0.15, -0.1) is 0 Å². The van der Waals surface area contributed by atoms with Gasteiger partial charge >= 0.3 is 0 Å². The minimum atomic E-state index is 0.759. The third-order valence-corrected chi connectivity index (χ3v) is 5.10. The van der Waals surface area contributed by atoms with Crippen molar-refractivity contribution in [2.24, 2.45) is 0 Å². The lowest BCUT2D eigenvalue weighted by Gasteiger charge is -2.13. The Morgan fingerprint density at radius 1 is 0.536 bits per heavy atom. The first kappa shape index (κ1) is 18.1. The SMILES string of the molecule is Cc1ccc(C)c(-c2cc(-c3cc(C)ccc3C)nc(-c3ccccc3)n2)c1. The zero-order valence-electron chi connectivity index (χ0n) is 16.8. The smallest absolute Gasteiger partial charge is 0.160 e. The van der Waals surface area contributed by atoms with Gasteiger partial charge in [0.25, 0.3) is 0 Å². The van der Waals surface area contributed by atoms with Gasteiger partial charge in [0, 0.05) is 16.7 Å². The Labute approximate surface area is 167 Å². The van der Waals surface area contributed by atoms with Crippen LogP contribution in [0.5, 0.6) is 0 Å². The molecule has 0 spiro atoms. The van der Waals surface area contributed by atoms with Crippen LogP contribution >= 0.6 is 0 Å². The van der Waals surface area contributed by atoms with E-state index in [4.69, 9.17) is 9.97 Å². The summed E-state index contributed by atoms with van der Waals surface area (Å²) in [7, 11) is 0. The van der Waals surface area contributed by atoms with Crippen molar-refractivity contribution in [1.29, 1.82) is 0 Å². The zero-order valence-corrected chi connectivity index (χ0v) is 16.8. The number of benzene rings is 3. The predicted molar refractivity (Wildman–Crippen MR) is 117 cm³/mol. The van der Waals surface area contributed by atoms with Gasteiger partial charge in [0.15, 0.2) is 5.82 Å².